The summed E-state index contributed by atoms with van der Waals surface area (Å²) in [5.41, 5.74) is 4.65. The van der Waals surface area contributed by atoms with E-state index in [9.17, 15) is 4.79 Å². The number of hydrogen-bond donors (Lipinski definition) is 1. The van der Waals surface area contributed by atoms with E-state index in [1.807, 2.05) is 18.3 Å². The fraction of sp³-hybridized carbons (Fsp3) is 0.250. The van der Waals surface area contributed by atoms with Gasteiger partial charge in [0.05, 0.1) is 0 Å². The van der Waals surface area contributed by atoms with E-state index < -0.39 is 5.97 Å². The monoisotopic (exact) mass is 307 g/mol. The molecule has 1 N–H and O–H groups in total. The normalized spacial score (nSPS) is 11.3. The van der Waals surface area contributed by atoms with Crippen molar-refractivity contribution in [1.29, 1.82) is 0 Å². The molecule has 0 aliphatic heterocycles. The average molecular weight is 307 g/mol. The summed E-state index contributed by atoms with van der Waals surface area (Å²) in [4.78, 5) is 10.9. The summed E-state index contributed by atoms with van der Waals surface area (Å²) in [5, 5.41) is 10.0. The molecule has 23 heavy (non-hydrogen) atoms. The van der Waals surface area contributed by atoms with Crippen LogP contribution in [0.5, 0.6) is 0 Å². The molecular formula is C20H21NO2. The minimum Gasteiger partial charge on any atom is -0.480 e. The van der Waals surface area contributed by atoms with Gasteiger partial charge in [-0.1, -0.05) is 44.2 Å². The van der Waals surface area contributed by atoms with Crippen molar-refractivity contribution < 1.29 is 9.90 Å². The number of rotatable bonds is 5. The predicted molar refractivity (Wildman–Crippen MR) is 93.6 cm³/mol. The van der Waals surface area contributed by atoms with Crippen LogP contribution >= 0.6 is 0 Å². The van der Waals surface area contributed by atoms with Gasteiger partial charge in [-0.25, -0.2) is 0 Å². The van der Waals surface area contributed by atoms with E-state index in [2.05, 4.69) is 50.2 Å². The molecule has 3 nitrogen and oxygen atoms in total. The lowest BCUT2D eigenvalue weighted by atomic mass is 9.98. The van der Waals surface area contributed by atoms with Crippen molar-refractivity contribution in [1.82, 2.24) is 4.57 Å². The van der Waals surface area contributed by atoms with Crippen molar-refractivity contribution >= 4 is 16.9 Å². The van der Waals surface area contributed by atoms with Gasteiger partial charge in [-0.3, -0.25) is 4.79 Å². The van der Waals surface area contributed by atoms with Crippen LogP contribution in [0.15, 0.2) is 54.7 Å². The van der Waals surface area contributed by atoms with E-state index in [1.54, 1.807) is 4.57 Å². The van der Waals surface area contributed by atoms with Crippen molar-refractivity contribution in [2.45, 2.75) is 26.8 Å². The Kier molecular flexibility index (Phi) is 4.20. The molecule has 0 amide bonds. The summed E-state index contributed by atoms with van der Waals surface area (Å²) in [6.45, 7) is 4.44. The van der Waals surface area contributed by atoms with E-state index in [1.165, 1.54) is 11.1 Å². The SMILES string of the molecule is CC(C)Cc1ccc(-c2ccc3c(ccn3CC(=O)O)c2)cc1. The van der Waals surface area contributed by atoms with Crippen molar-refractivity contribution in [3.63, 3.8) is 0 Å². The first-order valence-corrected chi connectivity index (χ1v) is 7.93. The molecule has 3 aromatic rings. The first-order chi connectivity index (χ1) is 11.0. The minimum atomic E-state index is -0.827. The van der Waals surface area contributed by atoms with E-state index in [-0.39, 0.29) is 6.54 Å². The van der Waals surface area contributed by atoms with Crippen molar-refractivity contribution in [2.24, 2.45) is 5.92 Å². The Bertz CT molecular complexity index is 828. The number of aliphatic carboxylic acids is 1. The molecule has 0 saturated carbocycles. The second kappa shape index (κ2) is 6.29. The van der Waals surface area contributed by atoms with Gasteiger partial charge >= 0.3 is 5.97 Å². The van der Waals surface area contributed by atoms with Crippen LogP contribution in [0.2, 0.25) is 0 Å². The van der Waals surface area contributed by atoms with E-state index in [0.717, 1.165) is 22.9 Å². The van der Waals surface area contributed by atoms with Gasteiger partial charge in [-0.15, -0.1) is 0 Å². The topological polar surface area (TPSA) is 42.2 Å². The number of carboxylic acid groups (broad SMARTS) is 1. The molecule has 0 saturated heterocycles. The zero-order valence-electron chi connectivity index (χ0n) is 13.5. The first-order valence-electron chi connectivity index (χ1n) is 7.93. The quantitative estimate of drug-likeness (QED) is 0.749. The summed E-state index contributed by atoms with van der Waals surface area (Å²) >= 11 is 0. The fourth-order valence-corrected chi connectivity index (χ4v) is 2.97. The lowest BCUT2D eigenvalue weighted by Crippen LogP contribution is -2.06. The molecule has 1 heterocycles. The molecule has 3 rings (SSSR count). The molecule has 2 aromatic carbocycles. The highest BCUT2D eigenvalue weighted by Gasteiger charge is 2.06. The fourth-order valence-electron chi connectivity index (χ4n) is 2.97. The molecule has 0 unspecified atom stereocenters. The summed E-state index contributed by atoms with van der Waals surface area (Å²) in [6, 6.07) is 16.8. The molecule has 1 aromatic heterocycles. The number of carbonyl (C=O) groups is 1. The largest absolute Gasteiger partial charge is 0.480 e. The molecule has 0 spiro atoms. The number of nitrogens with zero attached hydrogens (tertiary/aromatic N) is 1. The Labute approximate surface area is 136 Å². The molecule has 0 bridgehead atoms. The van der Waals surface area contributed by atoms with Crippen LogP contribution in [-0.4, -0.2) is 15.6 Å². The van der Waals surface area contributed by atoms with Gasteiger partial charge in [-0.05, 0) is 47.2 Å². The maximum Gasteiger partial charge on any atom is 0.323 e. The summed E-state index contributed by atoms with van der Waals surface area (Å²) in [6.07, 6.45) is 2.92. The van der Waals surface area contributed by atoms with Gasteiger partial charge in [0.25, 0.3) is 0 Å². The lowest BCUT2D eigenvalue weighted by molar-refractivity contribution is -0.137. The zero-order chi connectivity index (χ0) is 16.4. The highest BCUT2D eigenvalue weighted by Crippen LogP contribution is 2.26. The molecule has 3 heteroatoms. The third-order valence-corrected chi connectivity index (χ3v) is 4.01. The van der Waals surface area contributed by atoms with Crippen LogP contribution in [0.1, 0.15) is 19.4 Å². The molecule has 118 valence electrons. The zero-order valence-corrected chi connectivity index (χ0v) is 13.5. The van der Waals surface area contributed by atoms with E-state index in [4.69, 9.17) is 5.11 Å². The second-order valence-electron chi connectivity index (χ2n) is 6.41. The number of aromatic nitrogens is 1. The third kappa shape index (κ3) is 3.45. The van der Waals surface area contributed by atoms with Crippen LogP contribution in [-0.2, 0) is 17.8 Å². The van der Waals surface area contributed by atoms with Crippen molar-refractivity contribution in [3.8, 4) is 11.1 Å². The van der Waals surface area contributed by atoms with Crippen LogP contribution in [0.3, 0.4) is 0 Å². The van der Waals surface area contributed by atoms with Gasteiger partial charge in [-0.2, -0.15) is 0 Å². The molecule has 0 atom stereocenters. The predicted octanol–water partition coefficient (Wildman–Crippen LogP) is 4.59. The van der Waals surface area contributed by atoms with Crippen molar-refractivity contribution in [2.75, 3.05) is 0 Å². The third-order valence-electron chi connectivity index (χ3n) is 4.01. The van der Waals surface area contributed by atoms with Crippen molar-refractivity contribution in [3.05, 3.63) is 60.3 Å². The van der Waals surface area contributed by atoms with Gasteiger partial charge < -0.3 is 9.67 Å². The number of fused-ring (bicyclic) bond motifs is 1. The maximum atomic E-state index is 10.9. The Hall–Kier alpha value is -2.55. The van der Waals surface area contributed by atoms with E-state index >= 15 is 0 Å². The standard InChI is InChI=1S/C20H21NO2/c1-14(2)11-15-3-5-16(6-4-15)17-7-8-19-18(12-17)9-10-21(19)13-20(22)23/h3-10,12,14H,11,13H2,1-2H3,(H,22,23). The Morgan fingerprint density at radius 3 is 2.39 bits per heavy atom. The Balaban J connectivity index is 1.90. The number of carboxylic acids is 1. The molecular weight excluding hydrogens is 286 g/mol. The summed E-state index contributed by atoms with van der Waals surface area (Å²) in [5.74, 6) is -0.168. The lowest BCUT2D eigenvalue weighted by Gasteiger charge is -2.07. The van der Waals surface area contributed by atoms with Gasteiger partial charge in [0, 0.05) is 17.1 Å². The minimum absolute atomic E-state index is 0.00720. The number of hydrogen-bond acceptors (Lipinski definition) is 1. The molecule has 0 radical (unpaired) electrons. The van der Waals surface area contributed by atoms with E-state index in [0.29, 0.717) is 5.92 Å². The highest BCUT2D eigenvalue weighted by molar-refractivity contribution is 5.86. The van der Waals surface area contributed by atoms with Gasteiger partial charge in [0.2, 0.25) is 0 Å². The van der Waals surface area contributed by atoms with Gasteiger partial charge in [0.1, 0.15) is 6.54 Å². The summed E-state index contributed by atoms with van der Waals surface area (Å²) in [7, 11) is 0. The smallest absolute Gasteiger partial charge is 0.323 e. The summed E-state index contributed by atoms with van der Waals surface area (Å²) < 4.78 is 1.76. The Morgan fingerprint density at radius 1 is 1.04 bits per heavy atom. The maximum absolute atomic E-state index is 10.9. The molecule has 0 aliphatic carbocycles. The van der Waals surface area contributed by atoms with Crippen LogP contribution in [0, 0.1) is 5.92 Å². The van der Waals surface area contributed by atoms with Crippen LogP contribution in [0.25, 0.3) is 22.0 Å². The Morgan fingerprint density at radius 2 is 1.74 bits per heavy atom. The first kappa shape index (κ1) is 15.3. The van der Waals surface area contributed by atoms with Crippen LogP contribution in [0.4, 0.5) is 0 Å². The molecule has 0 fully saturated rings. The second-order valence-corrected chi connectivity index (χ2v) is 6.41. The average Bonchev–Trinajstić information content (AvgIpc) is 2.89. The van der Waals surface area contributed by atoms with Gasteiger partial charge in [0.15, 0.2) is 0 Å². The number of benzene rings is 2. The molecule has 0 aliphatic rings. The van der Waals surface area contributed by atoms with Crippen LogP contribution < -0.4 is 0 Å². The highest BCUT2D eigenvalue weighted by atomic mass is 16.4.